The molecular weight excluding hydrogens is 728 g/mol. The molecule has 2 aliphatic heterocycles. The van der Waals surface area contributed by atoms with Gasteiger partial charge in [-0.2, -0.15) is 0 Å². The highest BCUT2D eigenvalue weighted by Gasteiger charge is 2.71. The third-order valence-corrected chi connectivity index (χ3v) is 17.1. The lowest BCUT2D eigenvalue weighted by Gasteiger charge is -2.71. The van der Waals surface area contributed by atoms with Crippen LogP contribution < -0.4 is 0 Å². The Bertz CT molecular complexity index is 1520. The van der Waals surface area contributed by atoms with E-state index in [1.165, 1.54) is 5.57 Å². The van der Waals surface area contributed by atoms with Gasteiger partial charge in [0.2, 0.25) is 6.29 Å². The van der Waals surface area contributed by atoms with E-state index in [2.05, 4.69) is 54.5 Å². The molecule has 19 atom stereocenters. The van der Waals surface area contributed by atoms with Crippen molar-refractivity contribution in [1.29, 1.82) is 0 Å². The molecule has 2 saturated heterocycles. The van der Waals surface area contributed by atoms with Crippen molar-refractivity contribution in [2.24, 2.45) is 50.2 Å². The topological polar surface area (TPSA) is 236 Å². The van der Waals surface area contributed by atoms with Crippen LogP contribution in [0.25, 0.3) is 0 Å². The first-order valence-corrected chi connectivity index (χ1v) is 20.9. The summed E-state index contributed by atoms with van der Waals surface area (Å²) in [4.78, 5) is 14.6. The summed E-state index contributed by atoms with van der Waals surface area (Å²) in [6.07, 6.45) is -7.70. The number of esters is 1. The summed E-state index contributed by atoms with van der Waals surface area (Å²) in [6.45, 7) is 14.5. The van der Waals surface area contributed by atoms with Crippen molar-refractivity contribution >= 4 is 5.97 Å². The summed E-state index contributed by atoms with van der Waals surface area (Å²) in [7, 11) is 0. The van der Waals surface area contributed by atoms with Crippen LogP contribution in [0.2, 0.25) is 0 Å². The van der Waals surface area contributed by atoms with Gasteiger partial charge >= 0.3 is 5.97 Å². The van der Waals surface area contributed by atoms with Crippen LogP contribution in [-0.2, 0) is 23.7 Å². The molecule has 320 valence electrons. The van der Waals surface area contributed by atoms with Crippen LogP contribution in [0.5, 0.6) is 0 Å². The Labute approximate surface area is 330 Å². The summed E-state index contributed by atoms with van der Waals surface area (Å²) >= 11 is 0. The Hall–Kier alpha value is -1.27. The van der Waals surface area contributed by atoms with E-state index in [-0.39, 0.29) is 39.4 Å². The van der Waals surface area contributed by atoms with Crippen LogP contribution in [-0.4, -0.2) is 139 Å². The summed E-state index contributed by atoms with van der Waals surface area (Å²) in [6, 6.07) is 0. The molecule has 0 radical (unpaired) electrons. The zero-order chi connectivity index (χ0) is 41.1. The van der Waals surface area contributed by atoms with Crippen molar-refractivity contribution in [3.8, 4) is 0 Å². The molecule has 7 rings (SSSR count). The minimum absolute atomic E-state index is 0.0501. The van der Waals surface area contributed by atoms with E-state index >= 15 is 0 Å². The maximum atomic E-state index is 14.6. The fourth-order valence-corrected chi connectivity index (χ4v) is 13.7. The fourth-order valence-electron chi connectivity index (χ4n) is 13.7. The van der Waals surface area contributed by atoms with Crippen molar-refractivity contribution in [3.05, 3.63) is 11.6 Å². The number of aliphatic hydroxyl groups is 9. The van der Waals surface area contributed by atoms with Crippen molar-refractivity contribution in [2.75, 3.05) is 13.2 Å². The van der Waals surface area contributed by atoms with Gasteiger partial charge in [0.15, 0.2) is 6.29 Å². The van der Waals surface area contributed by atoms with E-state index in [4.69, 9.17) is 18.9 Å². The number of hydrogen-bond donors (Lipinski definition) is 9. The molecule has 14 heteroatoms. The highest BCUT2D eigenvalue weighted by Crippen LogP contribution is 2.76. The lowest BCUT2D eigenvalue weighted by Crippen LogP contribution is -2.68. The Kier molecular flexibility index (Phi) is 11.0. The summed E-state index contributed by atoms with van der Waals surface area (Å²) < 4.78 is 23.7. The maximum Gasteiger partial charge on any atom is 0.315 e. The molecule has 6 fully saturated rings. The molecule has 0 aromatic heterocycles. The van der Waals surface area contributed by atoms with Gasteiger partial charge in [-0.15, -0.1) is 0 Å². The van der Waals surface area contributed by atoms with E-state index in [0.717, 1.165) is 38.5 Å². The van der Waals surface area contributed by atoms with E-state index in [1.54, 1.807) is 0 Å². The third kappa shape index (κ3) is 6.21. The number of allylic oxidation sites excluding steroid dienone is 2. The first-order valence-electron chi connectivity index (χ1n) is 20.9. The number of carbonyl (C=O) groups is 1. The quantitative estimate of drug-likeness (QED) is 0.105. The number of fused-ring (bicyclic) bond motifs is 7. The average molecular weight is 797 g/mol. The summed E-state index contributed by atoms with van der Waals surface area (Å²) in [5.41, 5.74) is -1.07. The van der Waals surface area contributed by atoms with Gasteiger partial charge < -0.3 is 64.9 Å². The van der Waals surface area contributed by atoms with E-state index < -0.39 is 104 Å². The zero-order valence-corrected chi connectivity index (χ0v) is 34.1. The zero-order valence-electron chi connectivity index (χ0n) is 34.1. The van der Waals surface area contributed by atoms with Crippen LogP contribution in [0.15, 0.2) is 11.6 Å². The first kappa shape index (κ1) is 42.8. The molecule has 7 aliphatic rings. The molecule has 0 aromatic rings. The van der Waals surface area contributed by atoms with E-state index in [0.29, 0.717) is 19.3 Å². The smallest absolute Gasteiger partial charge is 0.315 e. The third-order valence-electron chi connectivity index (χ3n) is 17.1. The highest BCUT2D eigenvalue weighted by molar-refractivity contribution is 5.79. The molecule has 0 amide bonds. The molecule has 4 saturated carbocycles. The molecule has 14 nitrogen and oxygen atoms in total. The van der Waals surface area contributed by atoms with Crippen LogP contribution in [0.4, 0.5) is 0 Å². The van der Waals surface area contributed by atoms with Gasteiger partial charge in [-0.25, -0.2) is 0 Å². The fraction of sp³-hybridized carbons (Fsp3) is 0.929. The predicted molar refractivity (Wildman–Crippen MR) is 199 cm³/mol. The maximum absolute atomic E-state index is 14.6. The molecule has 9 N–H and O–H groups in total. The van der Waals surface area contributed by atoms with Gasteiger partial charge in [0.1, 0.15) is 48.8 Å². The molecule has 0 spiro atoms. The van der Waals surface area contributed by atoms with Crippen LogP contribution in [0.3, 0.4) is 0 Å². The highest BCUT2D eigenvalue weighted by atomic mass is 16.7. The lowest BCUT2D eigenvalue weighted by atomic mass is 9.33. The van der Waals surface area contributed by atoms with Crippen molar-refractivity contribution in [1.82, 2.24) is 0 Å². The second kappa shape index (κ2) is 14.4. The van der Waals surface area contributed by atoms with E-state index in [9.17, 15) is 50.8 Å². The van der Waals surface area contributed by atoms with Crippen LogP contribution in [0.1, 0.15) is 106 Å². The second-order valence-corrected chi connectivity index (χ2v) is 20.8. The van der Waals surface area contributed by atoms with Crippen molar-refractivity contribution in [2.45, 2.75) is 180 Å². The number of rotatable bonds is 6. The van der Waals surface area contributed by atoms with Crippen molar-refractivity contribution < 1.29 is 69.7 Å². The van der Waals surface area contributed by atoms with Gasteiger partial charge in [0, 0.05) is 0 Å². The largest absolute Gasteiger partial charge is 0.432 e. The van der Waals surface area contributed by atoms with Crippen LogP contribution >= 0.6 is 0 Å². The van der Waals surface area contributed by atoms with Gasteiger partial charge in [-0.05, 0) is 103 Å². The van der Waals surface area contributed by atoms with Gasteiger partial charge in [-0.3, -0.25) is 4.79 Å². The number of aliphatic hydroxyl groups excluding tert-OH is 9. The number of carbonyl (C=O) groups excluding carboxylic acids is 1. The Balaban J connectivity index is 1.17. The number of hydrogen-bond acceptors (Lipinski definition) is 14. The number of ether oxygens (including phenoxy) is 4. The monoisotopic (exact) mass is 796 g/mol. The molecule has 56 heavy (non-hydrogen) atoms. The SMILES string of the molecule is CC1(C)CC[C@]2(C(=O)O[C@@H]3O[C@H](CO)[C@@H](O)[C@H](O)[C@H]3O)CC[C@]3(C)C(=CC[C@@H]4[C@@]5(C)C[C@H](O)[C@H](O[C@@H]6O[C@H](CO)[C@@H](O)[C@H](O)[C@H]6O)C(C)(C)[C@@H]5CC[C@]43C)[C@@H]2C1. The molecule has 5 aliphatic carbocycles. The molecular formula is C42H68O14. The molecule has 0 unspecified atom stereocenters. The first-order chi connectivity index (χ1) is 26.0. The standard InChI is InChI=1S/C42H68O14/c1-37(2)12-14-42(36(52)56-35-32(51)30(49)28(47)24(19-44)54-35)15-13-40(6)20(21(42)16-37)8-9-26-39(5)17-22(45)33(38(3,4)25(39)10-11-41(26,40)7)55-34-31(50)29(48)27(46)23(18-43)53-34/h8,21-35,43-51H,9-19H2,1-7H3/t21-,22-,23+,24+,25-,26+,27+,28+,29-,30-,31+,32+,33-,34-,35-,39-,40+,41+,42-/m0/s1. The second-order valence-electron chi connectivity index (χ2n) is 20.8. The van der Waals surface area contributed by atoms with Crippen molar-refractivity contribution in [3.63, 3.8) is 0 Å². The molecule has 0 bridgehead atoms. The lowest BCUT2D eigenvalue weighted by molar-refractivity contribution is -0.341. The summed E-state index contributed by atoms with van der Waals surface area (Å²) in [5.74, 6) is -0.351. The van der Waals surface area contributed by atoms with Gasteiger partial charge in [0.25, 0.3) is 0 Å². The van der Waals surface area contributed by atoms with Gasteiger partial charge in [0.05, 0.1) is 30.8 Å². The molecule has 0 aromatic carbocycles. The minimum atomic E-state index is -1.68. The summed E-state index contributed by atoms with van der Waals surface area (Å²) in [5, 5.41) is 94.7. The van der Waals surface area contributed by atoms with Crippen LogP contribution in [0, 0.1) is 50.2 Å². The molecule has 2 heterocycles. The van der Waals surface area contributed by atoms with E-state index in [1.807, 2.05) is 0 Å². The Morgan fingerprint density at radius 3 is 1.89 bits per heavy atom. The Morgan fingerprint density at radius 1 is 0.714 bits per heavy atom. The minimum Gasteiger partial charge on any atom is -0.432 e. The van der Waals surface area contributed by atoms with Gasteiger partial charge in [-0.1, -0.05) is 60.1 Å². The normalized spacial score (nSPS) is 53.7. The Morgan fingerprint density at radius 2 is 1.29 bits per heavy atom. The predicted octanol–water partition coefficient (Wildman–Crippen LogP) is 1.29. The average Bonchev–Trinajstić information content (AvgIpc) is 3.13.